The first kappa shape index (κ1) is 18.8. The maximum Gasteiger partial charge on any atom is 0.420 e. The number of alkyl halides is 3. The number of pyridine rings is 1. The predicted octanol–water partition coefficient (Wildman–Crippen LogP) is 4.64. The minimum absolute atomic E-state index is 0.0690. The normalized spacial score (nSPS) is 11.8. The number of amides is 1. The van der Waals surface area contributed by atoms with Crippen LogP contribution in [0.3, 0.4) is 0 Å². The largest absolute Gasteiger partial charge is 0.420 e. The molecule has 1 amide bonds. The molecule has 2 aromatic heterocycles. The molecular formula is C15H8Cl3F3N4O. The molecule has 0 aliphatic carbocycles. The fraction of sp³-hybridized carbons (Fsp3) is 0.133. The highest BCUT2D eigenvalue weighted by atomic mass is 35.5. The Morgan fingerprint density at radius 1 is 1.12 bits per heavy atom. The molecule has 0 saturated carbocycles. The Bertz CT molecular complexity index is 1000. The Morgan fingerprint density at radius 3 is 2.54 bits per heavy atom. The molecule has 2 heterocycles. The van der Waals surface area contributed by atoms with Crippen LogP contribution in [0, 0.1) is 0 Å². The van der Waals surface area contributed by atoms with E-state index in [-0.39, 0.29) is 28.0 Å². The van der Waals surface area contributed by atoms with Crippen molar-refractivity contribution in [3.05, 3.63) is 62.5 Å². The molecule has 0 saturated heterocycles. The Labute approximate surface area is 159 Å². The number of carbonyl (C=O) groups is 1. The topological polar surface area (TPSA) is 59.3 Å². The molecule has 0 aliphatic rings. The molecule has 0 radical (unpaired) electrons. The van der Waals surface area contributed by atoms with Gasteiger partial charge in [0.2, 0.25) is 0 Å². The van der Waals surface area contributed by atoms with Crippen molar-refractivity contribution in [1.82, 2.24) is 19.9 Å². The van der Waals surface area contributed by atoms with Crippen LogP contribution in [0.15, 0.2) is 30.5 Å². The molecule has 3 rings (SSSR count). The number of nitrogens with zero attached hydrogens (tertiary/aromatic N) is 3. The zero-order valence-electron chi connectivity index (χ0n) is 12.6. The van der Waals surface area contributed by atoms with Gasteiger partial charge in [-0.3, -0.25) is 9.20 Å². The molecule has 11 heteroatoms. The number of benzene rings is 1. The van der Waals surface area contributed by atoms with Gasteiger partial charge in [0.05, 0.1) is 22.2 Å². The van der Waals surface area contributed by atoms with Crippen molar-refractivity contribution in [1.29, 1.82) is 0 Å². The summed E-state index contributed by atoms with van der Waals surface area (Å²) in [6.45, 7) is -0.194. The van der Waals surface area contributed by atoms with Crippen LogP contribution >= 0.6 is 34.8 Å². The number of hydrogen-bond acceptors (Lipinski definition) is 3. The van der Waals surface area contributed by atoms with Crippen molar-refractivity contribution in [2.24, 2.45) is 0 Å². The molecule has 3 aromatic rings. The van der Waals surface area contributed by atoms with E-state index in [9.17, 15) is 18.0 Å². The van der Waals surface area contributed by atoms with Crippen LogP contribution < -0.4 is 5.32 Å². The SMILES string of the molecule is O=C(NCc1nnc2c(C(F)(F)F)cc(Cl)cn12)c1cc(Cl)ccc1Cl. The van der Waals surface area contributed by atoms with Crippen LogP contribution in [0.5, 0.6) is 0 Å². The lowest BCUT2D eigenvalue weighted by molar-refractivity contribution is -0.136. The predicted molar refractivity (Wildman–Crippen MR) is 90.6 cm³/mol. The first-order valence-electron chi connectivity index (χ1n) is 7.00. The molecule has 5 nitrogen and oxygen atoms in total. The molecule has 26 heavy (non-hydrogen) atoms. The highest BCUT2D eigenvalue weighted by Gasteiger charge is 2.35. The van der Waals surface area contributed by atoms with Crippen molar-refractivity contribution >= 4 is 46.4 Å². The molecule has 1 aromatic carbocycles. The molecule has 0 spiro atoms. The van der Waals surface area contributed by atoms with Crippen LogP contribution in [-0.2, 0) is 12.7 Å². The summed E-state index contributed by atoms with van der Waals surface area (Å²) < 4.78 is 40.3. The third kappa shape index (κ3) is 3.72. The Morgan fingerprint density at radius 2 is 1.85 bits per heavy atom. The highest BCUT2D eigenvalue weighted by Crippen LogP contribution is 2.33. The van der Waals surface area contributed by atoms with E-state index in [0.29, 0.717) is 5.02 Å². The minimum Gasteiger partial charge on any atom is -0.345 e. The maximum absolute atomic E-state index is 13.1. The second kappa shape index (κ2) is 6.94. The third-order valence-corrected chi connectivity index (χ3v) is 4.20. The summed E-state index contributed by atoms with van der Waals surface area (Å²) in [6.07, 6.45) is -3.41. The molecule has 1 N–H and O–H groups in total. The van der Waals surface area contributed by atoms with E-state index in [1.807, 2.05) is 0 Å². The molecule has 0 aliphatic heterocycles. The van der Waals surface area contributed by atoms with Gasteiger partial charge in [-0.15, -0.1) is 10.2 Å². The van der Waals surface area contributed by atoms with Crippen LogP contribution in [0.25, 0.3) is 5.65 Å². The van der Waals surface area contributed by atoms with Crippen LogP contribution in [0.1, 0.15) is 21.7 Å². The quantitative estimate of drug-likeness (QED) is 0.668. The highest BCUT2D eigenvalue weighted by molar-refractivity contribution is 6.35. The van der Waals surface area contributed by atoms with Crippen molar-refractivity contribution in [3.63, 3.8) is 0 Å². The number of fused-ring (bicyclic) bond motifs is 1. The van der Waals surface area contributed by atoms with Gasteiger partial charge in [0.25, 0.3) is 5.91 Å². The van der Waals surface area contributed by atoms with E-state index in [1.54, 1.807) is 0 Å². The second-order valence-corrected chi connectivity index (χ2v) is 6.47. The number of aromatic nitrogens is 3. The van der Waals surface area contributed by atoms with Gasteiger partial charge in [-0.05, 0) is 24.3 Å². The lowest BCUT2D eigenvalue weighted by Gasteiger charge is -2.09. The van der Waals surface area contributed by atoms with Gasteiger partial charge in [0, 0.05) is 11.2 Å². The van der Waals surface area contributed by atoms with E-state index in [1.165, 1.54) is 24.4 Å². The van der Waals surface area contributed by atoms with E-state index in [0.717, 1.165) is 10.5 Å². The van der Waals surface area contributed by atoms with E-state index in [2.05, 4.69) is 15.5 Å². The first-order valence-corrected chi connectivity index (χ1v) is 8.14. The Kier molecular flexibility index (Phi) is 5.01. The zero-order chi connectivity index (χ0) is 19.1. The van der Waals surface area contributed by atoms with Gasteiger partial charge >= 0.3 is 6.18 Å². The fourth-order valence-electron chi connectivity index (χ4n) is 2.26. The Hall–Kier alpha value is -2.03. The summed E-state index contributed by atoms with van der Waals surface area (Å²) in [5, 5.41) is 10.1. The smallest absolute Gasteiger partial charge is 0.345 e. The van der Waals surface area contributed by atoms with Crippen LogP contribution in [0.2, 0.25) is 15.1 Å². The second-order valence-electron chi connectivity index (χ2n) is 5.19. The Balaban J connectivity index is 1.89. The van der Waals surface area contributed by atoms with Crippen LogP contribution in [0.4, 0.5) is 13.2 Å². The number of rotatable bonds is 3. The molecule has 0 unspecified atom stereocenters. The van der Waals surface area contributed by atoms with E-state index in [4.69, 9.17) is 34.8 Å². The van der Waals surface area contributed by atoms with Gasteiger partial charge in [0.15, 0.2) is 11.5 Å². The van der Waals surface area contributed by atoms with Crippen molar-refractivity contribution in [3.8, 4) is 0 Å². The van der Waals surface area contributed by atoms with Crippen molar-refractivity contribution in [2.45, 2.75) is 12.7 Å². The summed E-state index contributed by atoms with van der Waals surface area (Å²) in [4.78, 5) is 12.2. The number of carbonyl (C=O) groups excluding carboxylic acids is 1. The summed E-state index contributed by atoms with van der Waals surface area (Å²) in [7, 11) is 0. The maximum atomic E-state index is 13.1. The number of hydrogen-bond donors (Lipinski definition) is 1. The first-order chi connectivity index (χ1) is 12.2. The molecular weight excluding hydrogens is 416 g/mol. The van der Waals surface area contributed by atoms with E-state index >= 15 is 0 Å². The summed E-state index contributed by atoms with van der Waals surface area (Å²) in [5.74, 6) is -0.494. The lowest BCUT2D eigenvalue weighted by Crippen LogP contribution is -2.24. The number of halogens is 6. The van der Waals surface area contributed by atoms with Gasteiger partial charge in [-0.25, -0.2) is 0 Å². The summed E-state index contributed by atoms with van der Waals surface area (Å²) in [5.41, 5.74) is -1.30. The molecule has 0 bridgehead atoms. The van der Waals surface area contributed by atoms with Crippen LogP contribution in [-0.4, -0.2) is 20.5 Å². The van der Waals surface area contributed by atoms with E-state index < -0.39 is 23.3 Å². The molecule has 136 valence electrons. The fourth-order valence-corrected chi connectivity index (χ4v) is 2.84. The zero-order valence-corrected chi connectivity index (χ0v) is 14.9. The molecule has 0 fully saturated rings. The number of nitrogens with one attached hydrogen (secondary N) is 1. The lowest BCUT2D eigenvalue weighted by atomic mass is 10.2. The minimum atomic E-state index is -4.64. The standard InChI is InChI=1S/C15H8Cl3F3N4O/c16-7-1-2-11(18)9(3-7)14(26)22-5-12-23-24-13-10(15(19,20)21)4-8(17)6-25(12)13/h1-4,6H,5H2,(H,22,26). The van der Waals surface area contributed by atoms with Crippen molar-refractivity contribution in [2.75, 3.05) is 0 Å². The summed E-state index contributed by atoms with van der Waals surface area (Å²) >= 11 is 17.5. The van der Waals surface area contributed by atoms with Gasteiger partial charge < -0.3 is 5.32 Å². The average molecular weight is 424 g/mol. The monoisotopic (exact) mass is 422 g/mol. The average Bonchev–Trinajstić information content (AvgIpc) is 2.96. The van der Waals surface area contributed by atoms with Crippen molar-refractivity contribution < 1.29 is 18.0 Å². The molecule has 0 atom stereocenters. The third-order valence-electron chi connectivity index (χ3n) is 3.43. The van der Waals surface area contributed by atoms with Gasteiger partial charge in [0.1, 0.15) is 5.56 Å². The van der Waals surface area contributed by atoms with Gasteiger partial charge in [-0.1, -0.05) is 34.8 Å². The van der Waals surface area contributed by atoms with Gasteiger partial charge in [-0.2, -0.15) is 13.2 Å². The summed E-state index contributed by atoms with van der Waals surface area (Å²) in [6, 6.07) is 5.12.